The average molecular weight is 406 g/mol. The summed E-state index contributed by atoms with van der Waals surface area (Å²) in [5.41, 5.74) is 0. The van der Waals surface area contributed by atoms with Crippen LogP contribution in [0, 0.1) is 11.8 Å². The molecule has 0 spiro atoms. The summed E-state index contributed by atoms with van der Waals surface area (Å²) < 4.78 is 7.16. The van der Waals surface area contributed by atoms with Crippen molar-refractivity contribution in [2.45, 2.75) is 65.6 Å². The molecule has 1 saturated heterocycles. The number of piperidine rings is 1. The Morgan fingerprint density at radius 1 is 1.24 bits per heavy atom. The number of hydrogen-bond donors (Lipinski definition) is 2. The third-order valence-corrected chi connectivity index (χ3v) is 5.71. The summed E-state index contributed by atoms with van der Waals surface area (Å²) in [6.45, 7) is 13.5. The van der Waals surface area contributed by atoms with Gasteiger partial charge >= 0.3 is 0 Å². The monoisotopic (exact) mass is 405 g/mol. The Morgan fingerprint density at radius 2 is 2.03 bits per heavy atom. The summed E-state index contributed by atoms with van der Waals surface area (Å²) in [6, 6.07) is 0.321. The molecule has 0 amide bonds. The van der Waals surface area contributed by atoms with Gasteiger partial charge in [0, 0.05) is 45.8 Å². The molecule has 0 aromatic carbocycles. The van der Waals surface area contributed by atoms with Crippen LogP contribution in [0.2, 0.25) is 0 Å². The van der Waals surface area contributed by atoms with E-state index in [0.717, 1.165) is 74.9 Å². The minimum Gasteiger partial charge on any atom is -0.377 e. The predicted molar refractivity (Wildman–Crippen MR) is 116 cm³/mol. The van der Waals surface area contributed by atoms with Gasteiger partial charge in [0.05, 0.1) is 6.54 Å². The molecule has 2 aliphatic rings. The zero-order chi connectivity index (χ0) is 20.6. The third-order valence-electron chi connectivity index (χ3n) is 5.71. The Morgan fingerprint density at radius 3 is 2.76 bits per heavy atom. The summed E-state index contributed by atoms with van der Waals surface area (Å²) in [4.78, 5) is 12.0. The molecule has 3 unspecified atom stereocenters. The van der Waals surface area contributed by atoms with Crippen molar-refractivity contribution in [3.05, 3.63) is 11.6 Å². The fourth-order valence-corrected chi connectivity index (χ4v) is 4.64. The number of nitrogens with one attached hydrogen (secondary N) is 2. The van der Waals surface area contributed by atoms with E-state index in [1.807, 2.05) is 4.68 Å². The topological polar surface area (TPSA) is 79.6 Å². The first kappa shape index (κ1) is 22.0. The minimum absolute atomic E-state index is 0.321. The Balaban J connectivity index is 1.46. The molecular formula is C21H39N7O. The number of likely N-dealkylation sites (tertiary alicyclic amines) is 1. The molecule has 0 bridgehead atoms. The highest BCUT2D eigenvalue weighted by molar-refractivity contribution is 5.80. The number of aryl methyl sites for hydroxylation is 1. The molecule has 3 atom stereocenters. The van der Waals surface area contributed by atoms with E-state index in [9.17, 15) is 0 Å². The van der Waals surface area contributed by atoms with Gasteiger partial charge in [-0.2, -0.15) is 5.10 Å². The third kappa shape index (κ3) is 6.67. The lowest BCUT2D eigenvalue weighted by atomic mass is 9.92. The lowest BCUT2D eigenvalue weighted by Gasteiger charge is -2.34. The normalized spacial score (nSPS) is 25.7. The fraction of sp³-hybridized carbons (Fsp3) is 0.857. The van der Waals surface area contributed by atoms with Gasteiger partial charge in [-0.25, -0.2) is 9.67 Å². The van der Waals surface area contributed by atoms with E-state index in [0.29, 0.717) is 12.6 Å². The lowest BCUT2D eigenvalue weighted by molar-refractivity contribution is 0.140. The molecule has 1 fully saturated rings. The molecule has 2 N–H and O–H groups in total. The molecule has 3 rings (SSSR count). The zero-order valence-electron chi connectivity index (χ0n) is 18.7. The minimum atomic E-state index is 0.321. The highest BCUT2D eigenvalue weighted by Crippen LogP contribution is 2.20. The van der Waals surface area contributed by atoms with Crippen LogP contribution in [0.5, 0.6) is 0 Å². The smallest absolute Gasteiger partial charge is 0.191 e. The highest BCUT2D eigenvalue weighted by atomic mass is 16.5. The molecule has 2 aliphatic heterocycles. The fourth-order valence-electron chi connectivity index (χ4n) is 4.64. The van der Waals surface area contributed by atoms with Crippen molar-refractivity contribution < 1.29 is 4.74 Å². The summed E-state index contributed by atoms with van der Waals surface area (Å²) in [6.07, 6.45) is 4.44. The molecule has 1 aromatic rings. The molecular weight excluding hydrogens is 366 g/mol. The molecule has 8 nitrogen and oxygen atoms in total. The number of hydrogen-bond acceptors (Lipinski definition) is 5. The van der Waals surface area contributed by atoms with Crippen LogP contribution in [-0.2, 0) is 24.3 Å². The largest absolute Gasteiger partial charge is 0.377 e. The average Bonchev–Trinajstić information content (AvgIpc) is 3.06. The van der Waals surface area contributed by atoms with Crippen molar-refractivity contribution in [1.82, 2.24) is 30.3 Å². The Kier molecular flexibility index (Phi) is 8.29. The second-order valence-corrected chi connectivity index (χ2v) is 8.76. The summed E-state index contributed by atoms with van der Waals surface area (Å²) in [5.74, 6) is 4.38. The van der Waals surface area contributed by atoms with Crippen LogP contribution >= 0.6 is 0 Å². The van der Waals surface area contributed by atoms with Crippen molar-refractivity contribution in [2.75, 3.05) is 39.8 Å². The van der Waals surface area contributed by atoms with E-state index in [4.69, 9.17) is 9.73 Å². The van der Waals surface area contributed by atoms with E-state index >= 15 is 0 Å². The zero-order valence-corrected chi connectivity index (χ0v) is 18.7. The van der Waals surface area contributed by atoms with Gasteiger partial charge in [-0.05, 0) is 44.6 Å². The number of methoxy groups -OCH3 is 1. The van der Waals surface area contributed by atoms with Gasteiger partial charge in [-0.1, -0.05) is 13.8 Å². The maximum Gasteiger partial charge on any atom is 0.191 e. The summed E-state index contributed by atoms with van der Waals surface area (Å²) in [7, 11) is 1.68. The van der Waals surface area contributed by atoms with Gasteiger partial charge in [0.1, 0.15) is 12.4 Å². The number of nitrogens with zero attached hydrogens (tertiary/aromatic N) is 5. The van der Waals surface area contributed by atoms with Crippen LogP contribution in [-0.4, -0.2) is 71.5 Å². The first-order chi connectivity index (χ1) is 14.1. The number of aromatic nitrogens is 3. The molecule has 164 valence electrons. The van der Waals surface area contributed by atoms with Crippen LogP contribution < -0.4 is 10.6 Å². The van der Waals surface area contributed by atoms with Gasteiger partial charge in [0.25, 0.3) is 0 Å². The first-order valence-corrected chi connectivity index (χ1v) is 11.3. The van der Waals surface area contributed by atoms with E-state index < -0.39 is 0 Å². The lowest BCUT2D eigenvalue weighted by Crippen LogP contribution is -2.47. The van der Waals surface area contributed by atoms with Crippen LogP contribution in [0.4, 0.5) is 0 Å². The molecule has 29 heavy (non-hydrogen) atoms. The second-order valence-electron chi connectivity index (χ2n) is 8.76. The number of guanidine groups is 1. The van der Waals surface area contributed by atoms with Crippen LogP contribution in [0.25, 0.3) is 0 Å². The van der Waals surface area contributed by atoms with Crippen LogP contribution in [0.15, 0.2) is 4.99 Å². The summed E-state index contributed by atoms with van der Waals surface area (Å²) in [5, 5.41) is 11.5. The van der Waals surface area contributed by atoms with Gasteiger partial charge in [0.15, 0.2) is 11.8 Å². The van der Waals surface area contributed by atoms with E-state index in [-0.39, 0.29) is 0 Å². The summed E-state index contributed by atoms with van der Waals surface area (Å²) >= 11 is 0. The van der Waals surface area contributed by atoms with Gasteiger partial charge in [0.2, 0.25) is 0 Å². The number of rotatable bonds is 8. The van der Waals surface area contributed by atoms with E-state index in [2.05, 4.69) is 46.4 Å². The SMILES string of the molecule is CCNC(=NCCCN1CC(C)CC(C)C1)NC1CCc2nc(COC)nn2C1. The maximum absolute atomic E-state index is 5.15. The predicted octanol–water partition coefficient (Wildman–Crippen LogP) is 1.66. The quantitative estimate of drug-likeness (QED) is 0.389. The van der Waals surface area contributed by atoms with Gasteiger partial charge < -0.3 is 20.3 Å². The molecule has 8 heteroatoms. The van der Waals surface area contributed by atoms with E-state index in [1.165, 1.54) is 19.5 Å². The molecule has 0 aliphatic carbocycles. The Hall–Kier alpha value is -1.67. The molecule has 3 heterocycles. The van der Waals surface area contributed by atoms with Crippen LogP contribution in [0.3, 0.4) is 0 Å². The number of aliphatic imine (C=N–C) groups is 1. The Labute approximate surface area is 175 Å². The Bertz CT molecular complexity index is 649. The molecule has 0 radical (unpaired) electrons. The van der Waals surface area contributed by atoms with Gasteiger partial charge in [-0.3, -0.25) is 4.99 Å². The molecule has 1 aromatic heterocycles. The first-order valence-electron chi connectivity index (χ1n) is 11.3. The molecule has 0 saturated carbocycles. The second kappa shape index (κ2) is 10.9. The number of fused-ring (bicyclic) bond motifs is 1. The highest BCUT2D eigenvalue weighted by Gasteiger charge is 2.23. The van der Waals surface area contributed by atoms with Crippen molar-refractivity contribution in [1.29, 1.82) is 0 Å². The van der Waals surface area contributed by atoms with Crippen molar-refractivity contribution in [2.24, 2.45) is 16.8 Å². The standard InChI is InChI=1S/C21H39N7O/c1-5-22-21(23-9-6-10-27-12-16(2)11-17(3)13-27)24-18-7-8-20-25-19(15-29-4)26-28(20)14-18/h16-18H,5-15H2,1-4H3,(H2,22,23,24). The van der Waals surface area contributed by atoms with Gasteiger partial charge in [-0.15, -0.1) is 0 Å². The van der Waals surface area contributed by atoms with Crippen molar-refractivity contribution >= 4 is 5.96 Å². The maximum atomic E-state index is 5.15. The van der Waals surface area contributed by atoms with Crippen molar-refractivity contribution in [3.63, 3.8) is 0 Å². The van der Waals surface area contributed by atoms with Crippen LogP contribution in [0.1, 0.15) is 51.7 Å². The number of ether oxygens (including phenoxy) is 1. The van der Waals surface area contributed by atoms with Crippen molar-refractivity contribution in [3.8, 4) is 0 Å². The van der Waals surface area contributed by atoms with E-state index in [1.54, 1.807) is 7.11 Å².